The molecule has 1 aromatic heterocycles. The number of fused-ring (bicyclic) bond motifs is 1. The first-order valence-electron chi connectivity index (χ1n) is 5.30. The summed E-state index contributed by atoms with van der Waals surface area (Å²) in [5.41, 5.74) is 1.87. The van der Waals surface area contributed by atoms with Gasteiger partial charge >= 0.3 is 0 Å². The number of thioether (sulfide) groups is 1. The van der Waals surface area contributed by atoms with Crippen LogP contribution in [0.15, 0.2) is 23.4 Å². The number of rotatable bonds is 4. The third-order valence-corrected chi connectivity index (χ3v) is 3.34. The number of H-pyrrole nitrogens is 1. The second-order valence-electron chi connectivity index (χ2n) is 3.72. The largest absolute Gasteiger partial charge is 0.497 e. The van der Waals surface area contributed by atoms with E-state index in [0.29, 0.717) is 6.42 Å². The lowest BCUT2D eigenvalue weighted by atomic mass is 10.3. The molecule has 2 rings (SSSR count). The first-order valence-corrected chi connectivity index (χ1v) is 6.18. The zero-order chi connectivity index (χ0) is 12.3. The van der Waals surface area contributed by atoms with Crippen LogP contribution in [0.25, 0.3) is 11.0 Å². The van der Waals surface area contributed by atoms with E-state index < -0.39 is 0 Å². The summed E-state index contributed by atoms with van der Waals surface area (Å²) in [6, 6.07) is 7.88. The molecule has 5 heteroatoms. The fourth-order valence-corrected chi connectivity index (χ4v) is 2.37. The number of nitrogens with zero attached hydrogens (tertiary/aromatic N) is 2. The van der Waals surface area contributed by atoms with E-state index in [-0.39, 0.29) is 5.25 Å². The molecule has 0 aliphatic heterocycles. The number of nitriles is 1. The van der Waals surface area contributed by atoms with Crippen molar-refractivity contribution in [2.75, 3.05) is 7.11 Å². The summed E-state index contributed by atoms with van der Waals surface area (Å²) >= 11 is 1.58. The minimum absolute atomic E-state index is 0.238. The summed E-state index contributed by atoms with van der Waals surface area (Å²) in [6.45, 7) is 2.02. The van der Waals surface area contributed by atoms with Gasteiger partial charge in [-0.15, -0.1) is 0 Å². The van der Waals surface area contributed by atoms with Crippen molar-refractivity contribution in [2.45, 2.75) is 23.8 Å². The first-order chi connectivity index (χ1) is 8.22. The van der Waals surface area contributed by atoms with Gasteiger partial charge in [0, 0.05) is 17.7 Å². The van der Waals surface area contributed by atoms with Gasteiger partial charge in [0.25, 0.3) is 0 Å². The van der Waals surface area contributed by atoms with E-state index in [1.165, 1.54) is 0 Å². The second-order valence-corrected chi connectivity index (χ2v) is 5.14. The number of hydrogen-bond acceptors (Lipinski definition) is 4. The average Bonchev–Trinajstić information content (AvgIpc) is 2.69. The van der Waals surface area contributed by atoms with Crippen molar-refractivity contribution in [3.8, 4) is 11.8 Å². The van der Waals surface area contributed by atoms with Crippen molar-refractivity contribution in [1.82, 2.24) is 9.97 Å². The number of aromatic nitrogens is 2. The minimum Gasteiger partial charge on any atom is -0.497 e. The van der Waals surface area contributed by atoms with Crippen LogP contribution in [-0.4, -0.2) is 22.3 Å². The van der Waals surface area contributed by atoms with Gasteiger partial charge in [0.1, 0.15) is 5.75 Å². The molecule has 0 aliphatic rings. The molecular formula is C12H13N3OS. The number of nitrogens with one attached hydrogen (secondary N) is 1. The topological polar surface area (TPSA) is 61.7 Å². The predicted molar refractivity (Wildman–Crippen MR) is 68.2 cm³/mol. The summed E-state index contributed by atoms with van der Waals surface area (Å²) in [7, 11) is 1.64. The molecule has 0 amide bonds. The molecule has 0 fully saturated rings. The van der Waals surface area contributed by atoms with Gasteiger partial charge in [0.2, 0.25) is 0 Å². The lowest BCUT2D eigenvalue weighted by Gasteiger charge is -2.01. The molecule has 1 N–H and O–H groups in total. The van der Waals surface area contributed by atoms with Crippen molar-refractivity contribution in [2.24, 2.45) is 0 Å². The molecule has 0 spiro atoms. The van der Waals surface area contributed by atoms with Crippen molar-refractivity contribution < 1.29 is 4.74 Å². The van der Waals surface area contributed by atoms with Crippen LogP contribution in [0.4, 0.5) is 0 Å². The molecule has 0 aliphatic carbocycles. The predicted octanol–water partition coefficient (Wildman–Crippen LogP) is 2.97. The molecule has 88 valence electrons. The van der Waals surface area contributed by atoms with Crippen LogP contribution in [0, 0.1) is 11.3 Å². The zero-order valence-electron chi connectivity index (χ0n) is 9.73. The summed E-state index contributed by atoms with van der Waals surface area (Å²) in [4.78, 5) is 7.67. The summed E-state index contributed by atoms with van der Waals surface area (Å²) in [6.07, 6.45) is 0.519. The Balaban J connectivity index is 2.23. The van der Waals surface area contributed by atoms with E-state index in [1.54, 1.807) is 18.9 Å². The van der Waals surface area contributed by atoms with Gasteiger partial charge in [-0.2, -0.15) is 5.26 Å². The number of methoxy groups -OCH3 is 1. The number of imidazole rings is 1. The number of hydrogen-bond donors (Lipinski definition) is 1. The van der Waals surface area contributed by atoms with E-state index in [9.17, 15) is 0 Å². The van der Waals surface area contributed by atoms with Crippen LogP contribution in [0.5, 0.6) is 5.75 Å². The van der Waals surface area contributed by atoms with Gasteiger partial charge in [-0.3, -0.25) is 0 Å². The highest BCUT2D eigenvalue weighted by Gasteiger charge is 2.08. The van der Waals surface area contributed by atoms with Crippen molar-refractivity contribution in [3.05, 3.63) is 18.2 Å². The van der Waals surface area contributed by atoms with Crippen LogP contribution in [0.1, 0.15) is 13.3 Å². The van der Waals surface area contributed by atoms with E-state index in [0.717, 1.165) is 21.9 Å². The summed E-state index contributed by atoms with van der Waals surface area (Å²) in [5.74, 6) is 0.808. The van der Waals surface area contributed by atoms with Gasteiger partial charge in [-0.1, -0.05) is 18.7 Å². The Morgan fingerprint density at radius 1 is 1.59 bits per heavy atom. The van der Waals surface area contributed by atoms with E-state index in [2.05, 4.69) is 16.0 Å². The number of ether oxygens (including phenoxy) is 1. The lowest BCUT2D eigenvalue weighted by Crippen LogP contribution is -1.93. The quantitative estimate of drug-likeness (QED) is 0.844. The monoisotopic (exact) mass is 247 g/mol. The highest BCUT2D eigenvalue weighted by atomic mass is 32.2. The lowest BCUT2D eigenvalue weighted by molar-refractivity contribution is 0.415. The van der Waals surface area contributed by atoms with Gasteiger partial charge < -0.3 is 9.72 Å². The first kappa shape index (κ1) is 11.8. The fraction of sp³-hybridized carbons (Fsp3) is 0.333. The number of aromatic amines is 1. The van der Waals surface area contributed by atoms with Crippen LogP contribution < -0.4 is 4.74 Å². The highest BCUT2D eigenvalue weighted by molar-refractivity contribution is 7.99. The van der Waals surface area contributed by atoms with Gasteiger partial charge in [-0.05, 0) is 12.1 Å². The molecule has 1 aromatic carbocycles. The Kier molecular flexibility index (Phi) is 3.55. The third kappa shape index (κ3) is 2.71. The van der Waals surface area contributed by atoms with E-state index in [1.807, 2.05) is 25.1 Å². The minimum atomic E-state index is 0.238. The highest BCUT2D eigenvalue weighted by Crippen LogP contribution is 2.26. The molecule has 1 heterocycles. The van der Waals surface area contributed by atoms with Gasteiger partial charge in [0.15, 0.2) is 5.16 Å². The standard InChI is InChI=1S/C12H13N3OS/c1-8(5-6-13)17-12-14-10-4-3-9(16-2)7-11(10)15-12/h3-4,7-8H,5H2,1-2H3,(H,14,15). The van der Waals surface area contributed by atoms with Crippen LogP contribution in [-0.2, 0) is 0 Å². The molecule has 1 atom stereocenters. The molecule has 0 bridgehead atoms. The Hall–Kier alpha value is -1.67. The SMILES string of the molecule is COc1ccc2nc(SC(C)CC#N)[nH]c2c1. The molecule has 0 saturated carbocycles. The smallest absolute Gasteiger partial charge is 0.166 e. The van der Waals surface area contributed by atoms with Crippen molar-refractivity contribution in [1.29, 1.82) is 5.26 Å². The van der Waals surface area contributed by atoms with E-state index in [4.69, 9.17) is 10.00 Å². The van der Waals surface area contributed by atoms with Gasteiger partial charge in [-0.25, -0.2) is 4.98 Å². The van der Waals surface area contributed by atoms with Crippen LogP contribution in [0.2, 0.25) is 0 Å². The molecular weight excluding hydrogens is 234 g/mol. The molecule has 2 aromatic rings. The van der Waals surface area contributed by atoms with E-state index >= 15 is 0 Å². The Morgan fingerprint density at radius 3 is 3.12 bits per heavy atom. The van der Waals surface area contributed by atoms with Crippen LogP contribution >= 0.6 is 11.8 Å². The van der Waals surface area contributed by atoms with Crippen LogP contribution in [0.3, 0.4) is 0 Å². The zero-order valence-corrected chi connectivity index (χ0v) is 10.5. The third-order valence-electron chi connectivity index (χ3n) is 2.36. The summed E-state index contributed by atoms with van der Waals surface area (Å²) in [5, 5.41) is 9.69. The molecule has 17 heavy (non-hydrogen) atoms. The molecule has 1 unspecified atom stereocenters. The molecule has 0 radical (unpaired) electrons. The van der Waals surface area contributed by atoms with Crippen molar-refractivity contribution in [3.63, 3.8) is 0 Å². The normalized spacial score (nSPS) is 12.3. The number of benzene rings is 1. The summed E-state index contributed by atoms with van der Waals surface area (Å²) < 4.78 is 5.15. The average molecular weight is 247 g/mol. The van der Waals surface area contributed by atoms with Gasteiger partial charge in [0.05, 0.1) is 24.2 Å². The molecule has 0 saturated heterocycles. The Labute approximate surface area is 104 Å². The van der Waals surface area contributed by atoms with Crippen molar-refractivity contribution >= 4 is 22.8 Å². The maximum absolute atomic E-state index is 8.61. The second kappa shape index (κ2) is 5.11. The molecule has 4 nitrogen and oxygen atoms in total. The Morgan fingerprint density at radius 2 is 2.41 bits per heavy atom. The Bertz CT molecular complexity index is 558. The maximum atomic E-state index is 8.61. The fourth-order valence-electron chi connectivity index (χ4n) is 1.51. The maximum Gasteiger partial charge on any atom is 0.166 e.